The first-order chi connectivity index (χ1) is 11.8. The fourth-order valence-electron chi connectivity index (χ4n) is 2.23. The first kappa shape index (κ1) is 18.5. The largest absolute Gasteiger partial charge is 0.494 e. The van der Waals surface area contributed by atoms with Crippen molar-refractivity contribution in [2.45, 2.75) is 39.9 Å². The number of hydrogen-bond acceptors (Lipinski definition) is 6. The molecular weight excluding hydrogens is 326 g/mol. The topological polar surface area (TPSA) is 82.1 Å². The van der Waals surface area contributed by atoms with Crippen LogP contribution in [0.4, 0.5) is 5.69 Å². The molecule has 7 nitrogen and oxygen atoms in total. The monoisotopic (exact) mass is 347 g/mol. The van der Waals surface area contributed by atoms with E-state index in [1.807, 2.05) is 6.92 Å². The van der Waals surface area contributed by atoms with Crippen molar-refractivity contribution in [3.8, 4) is 5.75 Å². The lowest BCUT2D eigenvalue weighted by Crippen LogP contribution is -2.42. The molecule has 0 radical (unpaired) electrons. The van der Waals surface area contributed by atoms with Crippen molar-refractivity contribution >= 4 is 23.5 Å². The quantitative estimate of drug-likeness (QED) is 0.462. The summed E-state index contributed by atoms with van der Waals surface area (Å²) in [7, 11) is 0. The van der Waals surface area contributed by atoms with Gasteiger partial charge in [0.05, 0.1) is 6.61 Å². The molecule has 0 spiro atoms. The highest BCUT2D eigenvalue weighted by atomic mass is 16.7. The van der Waals surface area contributed by atoms with Gasteiger partial charge in [0.25, 0.3) is 5.79 Å². The molecule has 0 N–H and O–H groups in total. The van der Waals surface area contributed by atoms with E-state index in [-0.39, 0.29) is 17.9 Å². The Hall–Kier alpha value is -2.83. The molecule has 0 bridgehead atoms. The van der Waals surface area contributed by atoms with Crippen LogP contribution in [0, 0.1) is 0 Å². The van der Waals surface area contributed by atoms with Gasteiger partial charge in [0.1, 0.15) is 5.75 Å². The number of hydrogen-bond donors (Lipinski definition) is 0. The Kier molecular flexibility index (Phi) is 5.46. The third-order valence-corrected chi connectivity index (χ3v) is 3.37. The van der Waals surface area contributed by atoms with Crippen molar-refractivity contribution in [1.82, 2.24) is 0 Å². The summed E-state index contributed by atoms with van der Waals surface area (Å²) in [5.41, 5.74) is 0.156. The second-order valence-corrected chi connectivity index (χ2v) is 5.77. The molecule has 134 valence electrons. The summed E-state index contributed by atoms with van der Waals surface area (Å²) in [6.45, 7) is 6.99. The van der Waals surface area contributed by atoms with Crippen molar-refractivity contribution in [2.24, 2.45) is 0 Å². The molecule has 0 atom stereocenters. The van der Waals surface area contributed by atoms with Gasteiger partial charge in [-0.25, -0.2) is 9.59 Å². The molecule has 0 aliphatic carbocycles. The lowest BCUT2D eigenvalue weighted by Gasteiger charge is -2.30. The summed E-state index contributed by atoms with van der Waals surface area (Å²) in [5.74, 6) is -2.63. The number of ether oxygens (including phenoxy) is 3. The van der Waals surface area contributed by atoms with Crippen molar-refractivity contribution in [3.63, 3.8) is 0 Å². The number of cyclic esters (lactones) is 2. The first-order valence-electron chi connectivity index (χ1n) is 8.00. The molecule has 1 fully saturated rings. The highest BCUT2D eigenvalue weighted by Gasteiger charge is 2.39. The van der Waals surface area contributed by atoms with E-state index >= 15 is 0 Å². The van der Waals surface area contributed by atoms with E-state index in [1.165, 1.54) is 18.7 Å². The maximum absolute atomic E-state index is 12.3. The van der Waals surface area contributed by atoms with Crippen LogP contribution in [0.3, 0.4) is 0 Å². The predicted molar refractivity (Wildman–Crippen MR) is 89.7 cm³/mol. The van der Waals surface area contributed by atoms with E-state index in [1.54, 1.807) is 31.2 Å². The van der Waals surface area contributed by atoms with Crippen LogP contribution in [-0.4, -0.2) is 30.2 Å². The van der Waals surface area contributed by atoms with Gasteiger partial charge in [0, 0.05) is 32.2 Å². The molecule has 0 aromatic heterocycles. The zero-order chi connectivity index (χ0) is 18.6. The molecular formula is C18H21NO6. The number of rotatable bonds is 5. The molecule has 0 saturated carbocycles. The molecule has 2 rings (SSSR count). The fourth-order valence-corrected chi connectivity index (χ4v) is 2.23. The molecule has 25 heavy (non-hydrogen) atoms. The molecule has 1 saturated heterocycles. The first-order valence-corrected chi connectivity index (χ1v) is 8.00. The summed E-state index contributed by atoms with van der Waals surface area (Å²) in [5, 5.41) is 0. The predicted octanol–water partition coefficient (Wildman–Crippen LogP) is 2.55. The van der Waals surface area contributed by atoms with Crippen LogP contribution < -0.4 is 9.64 Å². The summed E-state index contributed by atoms with van der Waals surface area (Å²) in [4.78, 5) is 37.7. The number of benzene rings is 1. The van der Waals surface area contributed by atoms with E-state index in [2.05, 4.69) is 0 Å². The van der Waals surface area contributed by atoms with Gasteiger partial charge >= 0.3 is 11.9 Å². The van der Waals surface area contributed by atoms with E-state index in [0.717, 1.165) is 6.20 Å². The molecule has 7 heteroatoms. The van der Waals surface area contributed by atoms with E-state index in [4.69, 9.17) is 14.2 Å². The summed E-state index contributed by atoms with van der Waals surface area (Å²) in [6, 6.07) is 6.74. The van der Waals surface area contributed by atoms with Gasteiger partial charge < -0.3 is 14.2 Å². The lowest BCUT2D eigenvalue weighted by molar-refractivity contribution is -0.222. The Morgan fingerprint density at radius 1 is 1.12 bits per heavy atom. The van der Waals surface area contributed by atoms with E-state index in [0.29, 0.717) is 18.0 Å². The van der Waals surface area contributed by atoms with Crippen LogP contribution in [0.5, 0.6) is 5.75 Å². The van der Waals surface area contributed by atoms with Gasteiger partial charge in [-0.15, -0.1) is 0 Å². The van der Waals surface area contributed by atoms with Crippen LogP contribution >= 0.6 is 0 Å². The van der Waals surface area contributed by atoms with Gasteiger partial charge in [0.15, 0.2) is 5.57 Å². The Bertz CT molecular complexity index is 683. The summed E-state index contributed by atoms with van der Waals surface area (Å²) in [6.07, 6.45) is 1.34. The Morgan fingerprint density at radius 2 is 1.68 bits per heavy atom. The zero-order valence-electron chi connectivity index (χ0n) is 14.7. The number of esters is 2. The number of amides is 1. The smallest absolute Gasteiger partial charge is 0.350 e. The summed E-state index contributed by atoms with van der Waals surface area (Å²) >= 11 is 0. The SMILES string of the molecule is CCOc1ccc(N(C=C2C(=O)OC(C)(C)OC2=O)C(=O)CC)cc1. The number of anilines is 1. The van der Waals surface area contributed by atoms with Crippen LogP contribution in [-0.2, 0) is 23.9 Å². The standard InChI is InChI=1S/C18H21NO6/c1-5-15(20)19(12-7-9-13(10-8-12)23-6-2)11-14-16(21)24-18(3,4)25-17(14)22/h7-11H,5-6H2,1-4H3. The fraction of sp³-hybridized carbons (Fsp3) is 0.389. The molecule has 1 aromatic rings. The molecule has 1 amide bonds. The Balaban J connectivity index is 2.36. The Morgan fingerprint density at radius 3 is 2.16 bits per heavy atom. The number of carbonyl (C=O) groups excluding carboxylic acids is 3. The van der Waals surface area contributed by atoms with E-state index < -0.39 is 17.7 Å². The average Bonchev–Trinajstić information content (AvgIpc) is 2.54. The second-order valence-electron chi connectivity index (χ2n) is 5.77. The van der Waals surface area contributed by atoms with Crippen molar-refractivity contribution < 1.29 is 28.6 Å². The van der Waals surface area contributed by atoms with Gasteiger partial charge in [0.2, 0.25) is 5.91 Å². The van der Waals surface area contributed by atoms with Crippen molar-refractivity contribution in [1.29, 1.82) is 0 Å². The normalized spacial score (nSPS) is 15.9. The van der Waals surface area contributed by atoms with Gasteiger partial charge in [-0.3, -0.25) is 9.69 Å². The minimum Gasteiger partial charge on any atom is -0.494 e. The highest BCUT2D eigenvalue weighted by molar-refractivity contribution is 6.16. The maximum atomic E-state index is 12.3. The van der Waals surface area contributed by atoms with Crippen LogP contribution in [0.1, 0.15) is 34.1 Å². The third kappa shape index (κ3) is 4.37. The second kappa shape index (κ2) is 7.38. The van der Waals surface area contributed by atoms with Crippen molar-refractivity contribution in [3.05, 3.63) is 36.0 Å². The van der Waals surface area contributed by atoms with Crippen LogP contribution in [0.25, 0.3) is 0 Å². The van der Waals surface area contributed by atoms with Gasteiger partial charge in [-0.05, 0) is 31.2 Å². The van der Waals surface area contributed by atoms with Crippen molar-refractivity contribution in [2.75, 3.05) is 11.5 Å². The average molecular weight is 347 g/mol. The molecule has 1 aromatic carbocycles. The van der Waals surface area contributed by atoms with Gasteiger partial charge in [-0.1, -0.05) is 6.92 Å². The molecule has 1 aliphatic rings. The number of nitrogens with zero attached hydrogens (tertiary/aromatic N) is 1. The highest BCUT2D eigenvalue weighted by Crippen LogP contribution is 2.26. The van der Waals surface area contributed by atoms with Crippen LogP contribution in [0.15, 0.2) is 36.0 Å². The Labute approximate surface area is 146 Å². The van der Waals surface area contributed by atoms with E-state index in [9.17, 15) is 14.4 Å². The maximum Gasteiger partial charge on any atom is 0.350 e. The van der Waals surface area contributed by atoms with Gasteiger partial charge in [-0.2, -0.15) is 0 Å². The molecule has 1 heterocycles. The lowest BCUT2D eigenvalue weighted by atomic mass is 10.2. The zero-order valence-corrected chi connectivity index (χ0v) is 14.7. The molecule has 1 aliphatic heterocycles. The minimum atomic E-state index is -1.33. The third-order valence-electron chi connectivity index (χ3n) is 3.37. The number of carbonyl (C=O) groups is 3. The summed E-state index contributed by atoms with van der Waals surface area (Å²) < 4.78 is 15.5. The van der Waals surface area contributed by atoms with Crippen LogP contribution in [0.2, 0.25) is 0 Å². The minimum absolute atomic E-state index is 0.187. The molecule has 0 unspecified atom stereocenters.